The van der Waals surface area contributed by atoms with Crippen LogP contribution in [0.25, 0.3) is 0 Å². The molecule has 1 aliphatic carbocycles. The Morgan fingerprint density at radius 1 is 1.35 bits per heavy atom. The van der Waals surface area contributed by atoms with E-state index in [-0.39, 0.29) is 23.3 Å². The van der Waals surface area contributed by atoms with Crippen LogP contribution in [0.4, 0.5) is 0 Å². The van der Waals surface area contributed by atoms with E-state index in [0.29, 0.717) is 13.0 Å². The first-order chi connectivity index (χ1) is 8.14. The lowest BCUT2D eigenvalue weighted by molar-refractivity contribution is -0.144. The molecular weight excluding hydrogens is 216 g/mol. The first kappa shape index (κ1) is 12.6. The minimum atomic E-state index is -0.334. The third-order valence-corrected chi connectivity index (χ3v) is 4.33. The second-order valence-electron chi connectivity index (χ2n) is 5.37. The van der Waals surface area contributed by atoms with Gasteiger partial charge < -0.3 is 5.73 Å². The summed E-state index contributed by atoms with van der Waals surface area (Å²) in [6, 6.07) is 0.0139. The molecule has 0 radical (unpaired) electrons. The lowest BCUT2D eigenvalue weighted by Crippen LogP contribution is -2.42. The molecule has 2 aliphatic rings. The van der Waals surface area contributed by atoms with Crippen LogP contribution >= 0.6 is 0 Å². The Bertz CT molecular complexity index is 321. The molecule has 1 atom stereocenters. The van der Waals surface area contributed by atoms with Crippen LogP contribution in [0.1, 0.15) is 51.9 Å². The van der Waals surface area contributed by atoms with Crippen molar-refractivity contribution in [2.24, 2.45) is 11.1 Å². The Morgan fingerprint density at radius 2 is 2.00 bits per heavy atom. The number of likely N-dealkylation sites (tertiary alicyclic amines) is 1. The zero-order valence-electron chi connectivity index (χ0n) is 10.6. The lowest BCUT2D eigenvalue weighted by atomic mass is 9.84. The fourth-order valence-corrected chi connectivity index (χ4v) is 3.34. The molecular formula is C13H22N2O2. The number of hydrogen-bond acceptors (Lipinski definition) is 3. The normalized spacial score (nSPS) is 24.9. The minimum Gasteiger partial charge on any atom is -0.330 e. The van der Waals surface area contributed by atoms with Crippen molar-refractivity contribution in [3.05, 3.63) is 0 Å². The molecule has 2 fully saturated rings. The summed E-state index contributed by atoms with van der Waals surface area (Å²) in [6.45, 7) is 2.54. The van der Waals surface area contributed by atoms with E-state index >= 15 is 0 Å². The first-order valence-corrected chi connectivity index (χ1v) is 6.71. The van der Waals surface area contributed by atoms with Crippen LogP contribution in [0.5, 0.6) is 0 Å². The molecule has 2 N–H and O–H groups in total. The van der Waals surface area contributed by atoms with E-state index in [4.69, 9.17) is 5.73 Å². The number of imide groups is 1. The van der Waals surface area contributed by atoms with Gasteiger partial charge >= 0.3 is 0 Å². The molecule has 4 heteroatoms. The van der Waals surface area contributed by atoms with Crippen LogP contribution < -0.4 is 5.73 Å². The predicted molar refractivity (Wildman–Crippen MR) is 65.1 cm³/mol. The van der Waals surface area contributed by atoms with Gasteiger partial charge in [-0.15, -0.1) is 0 Å². The highest BCUT2D eigenvalue weighted by atomic mass is 16.2. The van der Waals surface area contributed by atoms with Crippen molar-refractivity contribution in [3.8, 4) is 0 Å². The maximum Gasteiger partial charge on any atom is 0.236 e. The zero-order chi connectivity index (χ0) is 12.5. The molecule has 1 saturated carbocycles. The van der Waals surface area contributed by atoms with E-state index in [9.17, 15) is 9.59 Å². The number of amides is 2. The summed E-state index contributed by atoms with van der Waals surface area (Å²) in [4.78, 5) is 26.1. The highest BCUT2D eigenvalue weighted by Crippen LogP contribution is 2.47. The second kappa shape index (κ2) is 4.77. The largest absolute Gasteiger partial charge is 0.330 e. The van der Waals surface area contributed by atoms with E-state index in [1.807, 2.05) is 6.92 Å². The van der Waals surface area contributed by atoms with Gasteiger partial charge in [-0.25, -0.2) is 0 Å². The molecule has 17 heavy (non-hydrogen) atoms. The van der Waals surface area contributed by atoms with Gasteiger partial charge in [0.05, 0.1) is 5.41 Å². The zero-order valence-corrected chi connectivity index (χ0v) is 10.6. The molecule has 1 aliphatic heterocycles. The van der Waals surface area contributed by atoms with Crippen LogP contribution in [0.2, 0.25) is 0 Å². The Labute approximate surface area is 103 Å². The van der Waals surface area contributed by atoms with Crippen LogP contribution in [-0.2, 0) is 9.59 Å². The van der Waals surface area contributed by atoms with Gasteiger partial charge in [-0.1, -0.05) is 19.8 Å². The van der Waals surface area contributed by atoms with Gasteiger partial charge in [-0.2, -0.15) is 0 Å². The maximum atomic E-state index is 12.5. The number of carbonyl (C=O) groups excluding carboxylic acids is 2. The van der Waals surface area contributed by atoms with Gasteiger partial charge in [0.25, 0.3) is 0 Å². The summed E-state index contributed by atoms with van der Waals surface area (Å²) in [5.41, 5.74) is 5.22. The molecule has 2 rings (SSSR count). The van der Waals surface area contributed by atoms with Crippen LogP contribution in [0, 0.1) is 5.41 Å². The summed E-state index contributed by atoms with van der Waals surface area (Å²) in [5, 5.41) is 0. The highest BCUT2D eigenvalue weighted by molar-refractivity contribution is 6.06. The Morgan fingerprint density at radius 3 is 2.53 bits per heavy atom. The van der Waals surface area contributed by atoms with Gasteiger partial charge in [0, 0.05) is 12.5 Å². The molecule has 4 nitrogen and oxygen atoms in total. The van der Waals surface area contributed by atoms with E-state index in [2.05, 4.69) is 0 Å². The van der Waals surface area contributed by atoms with Gasteiger partial charge in [-0.3, -0.25) is 14.5 Å². The van der Waals surface area contributed by atoms with Crippen molar-refractivity contribution in [1.29, 1.82) is 0 Å². The number of carbonyl (C=O) groups is 2. The molecule has 0 aromatic rings. The first-order valence-electron chi connectivity index (χ1n) is 6.71. The smallest absolute Gasteiger partial charge is 0.236 e. The third-order valence-electron chi connectivity index (χ3n) is 4.33. The molecule has 2 amide bonds. The van der Waals surface area contributed by atoms with E-state index < -0.39 is 0 Å². The summed E-state index contributed by atoms with van der Waals surface area (Å²) in [7, 11) is 0. The monoisotopic (exact) mass is 238 g/mol. The highest BCUT2D eigenvalue weighted by Gasteiger charge is 2.53. The van der Waals surface area contributed by atoms with E-state index in [1.165, 1.54) is 4.90 Å². The molecule has 1 saturated heterocycles. The third kappa shape index (κ3) is 1.99. The molecule has 1 spiro atoms. The summed E-state index contributed by atoms with van der Waals surface area (Å²) in [5.74, 6) is 0.109. The maximum absolute atomic E-state index is 12.5. The van der Waals surface area contributed by atoms with Gasteiger partial charge in [0.1, 0.15) is 0 Å². The molecule has 1 unspecified atom stereocenters. The lowest BCUT2D eigenvalue weighted by Gasteiger charge is -2.27. The van der Waals surface area contributed by atoms with Gasteiger partial charge in [0.15, 0.2) is 0 Å². The van der Waals surface area contributed by atoms with Gasteiger partial charge in [0.2, 0.25) is 11.8 Å². The second-order valence-corrected chi connectivity index (χ2v) is 5.37. The average Bonchev–Trinajstić information content (AvgIpc) is 2.85. The minimum absolute atomic E-state index is 0.0139. The fourth-order valence-electron chi connectivity index (χ4n) is 3.34. The van der Waals surface area contributed by atoms with E-state index in [1.54, 1.807) is 0 Å². The van der Waals surface area contributed by atoms with E-state index in [0.717, 1.165) is 38.5 Å². The van der Waals surface area contributed by atoms with Crippen LogP contribution in [-0.4, -0.2) is 29.3 Å². The molecule has 0 aromatic heterocycles. The van der Waals surface area contributed by atoms with Crippen molar-refractivity contribution in [2.45, 2.75) is 57.9 Å². The topological polar surface area (TPSA) is 63.4 Å². The standard InChI is InChI=1S/C13H22N2O2/c1-2-10(5-8-14)15-11(16)9-13(12(15)17)6-3-4-7-13/h10H,2-9,14H2,1H3. The average molecular weight is 238 g/mol. The number of nitrogens with zero attached hydrogens (tertiary/aromatic N) is 1. The predicted octanol–water partition coefficient (Wildman–Crippen LogP) is 1.43. The molecule has 1 heterocycles. The summed E-state index contributed by atoms with van der Waals surface area (Å²) < 4.78 is 0. The van der Waals surface area contributed by atoms with Crippen LogP contribution in [0.15, 0.2) is 0 Å². The fraction of sp³-hybridized carbons (Fsp3) is 0.846. The Kier molecular flexibility index (Phi) is 3.52. The van der Waals surface area contributed by atoms with Crippen LogP contribution in [0.3, 0.4) is 0 Å². The SMILES string of the molecule is CCC(CCN)N1C(=O)CC2(CCCC2)C1=O. The van der Waals surface area contributed by atoms with Crippen molar-refractivity contribution in [1.82, 2.24) is 4.90 Å². The molecule has 0 aromatic carbocycles. The number of hydrogen-bond donors (Lipinski definition) is 1. The van der Waals surface area contributed by atoms with Crippen molar-refractivity contribution in [3.63, 3.8) is 0 Å². The molecule has 96 valence electrons. The Hall–Kier alpha value is -0.900. The quantitative estimate of drug-likeness (QED) is 0.754. The number of nitrogens with two attached hydrogens (primary N) is 1. The van der Waals surface area contributed by atoms with Crippen molar-refractivity contribution >= 4 is 11.8 Å². The van der Waals surface area contributed by atoms with Crippen molar-refractivity contribution in [2.75, 3.05) is 6.54 Å². The van der Waals surface area contributed by atoms with Crippen molar-refractivity contribution < 1.29 is 9.59 Å². The summed E-state index contributed by atoms with van der Waals surface area (Å²) >= 11 is 0. The number of rotatable bonds is 4. The molecule has 0 bridgehead atoms. The van der Waals surface area contributed by atoms with Gasteiger partial charge in [-0.05, 0) is 32.2 Å². The Balaban J connectivity index is 2.18. The summed E-state index contributed by atoms with van der Waals surface area (Å²) in [6.07, 6.45) is 5.93.